The third kappa shape index (κ3) is 16.0. The van der Waals surface area contributed by atoms with Crippen molar-refractivity contribution in [3.8, 4) is 11.5 Å². The third-order valence-electron chi connectivity index (χ3n) is 13.3. The zero-order chi connectivity index (χ0) is 49.3. The number of benzene rings is 2. The minimum atomic E-state index is -1.91. The van der Waals surface area contributed by atoms with Crippen molar-refractivity contribution in [2.45, 2.75) is 148 Å². The molecule has 2 aromatic carbocycles. The summed E-state index contributed by atoms with van der Waals surface area (Å²) in [6.07, 6.45) is -3.40. The first-order chi connectivity index (χ1) is 31.8. The zero-order valence-electron chi connectivity index (χ0n) is 41.9. The number of nitrogens with one attached hydrogen (secondary N) is 3. The first-order valence-electron chi connectivity index (χ1n) is 24.1. The average Bonchev–Trinajstić information content (AvgIpc) is 3.31. The molecule has 1 saturated heterocycles. The van der Waals surface area contributed by atoms with Crippen LogP contribution in [0.2, 0.25) is 0 Å². The van der Waals surface area contributed by atoms with Gasteiger partial charge in [-0.1, -0.05) is 51.1 Å². The van der Waals surface area contributed by atoms with Gasteiger partial charge in [0.25, 0.3) is 0 Å². The van der Waals surface area contributed by atoms with E-state index >= 15 is 0 Å². The molecule has 0 radical (unpaired) electrons. The maximum Gasteiger partial charge on any atom is 0.316 e. The van der Waals surface area contributed by atoms with Gasteiger partial charge in [-0.2, -0.15) is 0 Å². The van der Waals surface area contributed by atoms with Crippen LogP contribution in [0, 0.1) is 17.8 Å². The number of nitrogens with zero attached hydrogens (tertiary/aromatic N) is 1. The van der Waals surface area contributed by atoms with Crippen molar-refractivity contribution in [2.24, 2.45) is 17.8 Å². The molecule has 2 aliphatic heterocycles. The molecule has 1 fully saturated rings. The molecule has 16 nitrogen and oxygen atoms in total. The molecule has 0 unspecified atom stereocenters. The van der Waals surface area contributed by atoms with Gasteiger partial charge in [-0.15, -0.1) is 0 Å². The first kappa shape index (κ1) is 56.1. The van der Waals surface area contributed by atoms with Gasteiger partial charge in [0.1, 0.15) is 35.2 Å². The lowest BCUT2D eigenvalue weighted by Crippen LogP contribution is -2.59. The Balaban J connectivity index is 1.34. The Morgan fingerprint density at radius 3 is 2.13 bits per heavy atom. The highest BCUT2D eigenvalue weighted by Gasteiger charge is 2.50. The average molecular weight is 943 g/mol. The van der Waals surface area contributed by atoms with Crippen LogP contribution in [0.1, 0.15) is 93.1 Å². The van der Waals surface area contributed by atoms with Crippen molar-refractivity contribution >= 4 is 11.8 Å². The Morgan fingerprint density at radius 1 is 0.866 bits per heavy atom. The van der Waals surface area contributed by atoms with Gasteiger partial charge in [0.05, 0.1) is 30.5 Å². The standard InChI is InChI=1S/C51H82N4O12/c1-12-42-51(8,60)46(58)35(4)43(54-63-29-26-52-24-16-27-62-28-17-25-53-32-38-20-22-40(23-21-38)65-39-18-14-13-15-19-39)33(2)31-50(7,61-11)47(36(5)44(56)37(6)48(59)66-42)67-49-45(57)41(55(9)10)30-34(3)64-49/h13-15,18-23,34-37,41-42,45-47,49,52-54,57-58,60H,12,16-17,24-32H2,1-11H3/t34-,35+,36+,37-,41+,42-,45-,46-,47-,49+,50+,51-/m1/s1. The van der Waals surface area contributed by atoms with Crippen LogP contribution in [-0.4, -0.2) is 147 Å². The number of methoxy groups -OCH3 is 1. The predicted octanol–water partition coefficient (Wildman–Crippen LogP) is 5.28. The number of ketones is 1. The summed E-state index contributed by atoms with van der Waals surface area (Å²) in [5.74, 6) is -2.64. The van der Waals surface area contributed by atoms with Crippen molar-refractivity contribution in [3.05, 3.63) is 71.4 Å². The molecule has 12 atom stereocenters. The van der Waals surface area contributed by atoms with Crippen LogP contribution in [0.25, 0.3) is 0 Å². The Kier molecular flexibility index (Phi) is 22.6. The van der Waals surface area contributed by atoms with E-state index in [9.17, 15) is 24.9 Å². The molecule has 2 aromatic rings. The van der Waals surface area contributed by atoms with Crippen molar-refractivity contribution in [1.82, 2.24) is 21.0 Å². The van der Waals surface area contributed by atoms with Gasteiger partial charge >= 0.3 is 5.97 Å². The molecular weight excluding hydrogens is 861 g/mol. The SMILES string of the molecule is CC[C@H]1OC(=O)[C@H](C)C(=O)[C@H](C)[C@@H](O[C@@H]2O[C@H](C)C[C@H](N(C)C)[C@H]2O)[C@@](C)(OC)CC(C)=C(NOCCNCCCOCCCNCc2ccc(Oc3ccccc3)cc2)[C@H](C)[C@@H](O)[C@]1(C)O. The van der Waals surface area contributed by atoms with E-state index in [-0.39, 0.29) is 31.6 Å². The quantitative estimate of drug-likeness (QED) is 0.0386. The number of likely N-dealkylation sites (N-methyl/N-ethyl adjacent to an activating group) is 1. The highest BCUT2D eigenvalue weighted by molar-refractivity contribution is 6.00. The molecule has 16 heteroatoms. The normalized spacial score (nSPS) is 31.4. The van der Waals surface area contributed by atoms with Crippen LogP contribution in [0.4, 0.5) is 0 Å². The summed E-state index contributed by atoms with van der Waals surface area (Å²) in [4.78, 5) is 35.8. The summed E-state index contributed by atoms with van der Waals surface area (Å²) in [6, 6.07) is 17.5. The van der Waals surface area contributed by atoms with Gasteiger partial charge in [0.15, 0.2) is 12.1 Å². The molecule has 2 heterocycles. The monoisotopic (exact) mass is 943 g/mol. The van der Waals surface area contributed by atoms with Crippen LogP contribution in [0.3, 0.4) is 0 Å². The largest absolute Gasteiger partial charge is 0.459 e. The van der Waals surface area contributed by atoms with Gasteiger partial charge in [0, 0.05) is 63.4 Å². The Labute approximate surface area is 399 Å². The lowest BCUT2D eigenvalue weighted by Gasteiger charge is -2.46. The summed E-state index contributed by atoms with van der Waals surface area (Å²) < 4.78 is 36.6. The van der Waals surface area contributed by atoms with E-state index in [1.807, 2.05) is 75.3 Å². The number of cyclic esters (lactones) is 1. The molecular formula is C51H82N4O12. The number of Topliss-reactive ketones (excluding diaryl/α,β-unsaturated/α-hetero) is 1. The molecule has 4 rings (SSSR count). The van der Waals surface area contributed by atoms with Crippen LogP contribution < -0.4 is 20.9 Å². The second kappa shape index (κ2) is 27.0. The summed E-state index contributed by atoms with van der Waals surface area (Å²) in [6.45, 7) is 18.0. The van der Waals surface area contributed by atoms with E-state index in [0.717, 1.165) is 44.0 Å². The van der Waals surface area contributed by atoms with E-state index in [2.05, 4.69) is 28.2 Å². The van der Waals surface area contributed by atoms with Gasteiger partial charge in [-0.25, -0.2) is 0 Å². The van der Waals surface area contributed by atoms with Crippen LogP contribution in [-0.2, 0) is 44.7 Å². The van der Waals surface area contributed by atoms with Crippen LogP contribution in [0.5, 0.6) is 11.5 Å². The molecule has 0 amide bonds. The number of carbonyl (C=O) groups excluding carboxylic acids is 2. The molecule has 0 saturated carbocycles. The fourth-order valence-electron chi connectivity index (χ4n) is 9.05. The smallest absolute Gasteiger partial charge is 0.316 e. The van der Waals surface area contributed by atoms with E-state index in [1.54, 1.807) is 27.7 Å². The number of carbonyl (C=O) groups is 2. The number of aliphatic hydroxyl groups is 3. The molecule has 378 valence electrons. The lowest BCUT2D eigenvalue weighted by molar-refractivity contribution is -0.294. The number of ether oxygens (including phenoxy) is 6. The highest BCUT2D eigenvalue weighted by atomic mass is 16.7. The predicted molar refractivity (Wildman–Crippen MR) is 256 cm³/mol. The molecule has 0 aliphatic carbocycles. The van der Waals surface area contributed by atoms with Gasteiger partial charge in [-0.05, 0) is 123 Å². The van der Waals surface area contributed by atoms with E-state index in [0.29, 0.717) is 37.4 Å². The summed E-state index contributed by atoms with van der Waals surface area (Å²) >= 11 is 0. The number of hydrogen-bond donors (Lipinski definition) is 6. The molecule has 67 heavy (non-hydrogen) atoms. The number of hydroxylamine groups is 1. The van der Waals surface area contributed by atoms with Gasteiger partial charge in [-0.3, -0.25) is 19.9 Å². The first-order valence-corrected chi connectivity index (χ1v) is 24.1. The second-order valence-electron chi connectivity index (χ2n) is 19.0. The third-order valence-corrected chi connectivity index (χ3v) is 13.3. The zero-order valence-corrected chi connectivity index (χ0v) is 41.9. The van der Waals surface area contributed by atoms with Crippen molar-refractivity contribution < 1.29 is 58.2 Å². The minimum Gasteiger partial charge on any atom is -0.459 e. The van der Waals surface area contributed by atoms with Crippen LogP contribution in [0.15, 0.2) is 65.9 Å². The van der Waals surface area contributed by atoms with Crippen molar-refractivity contribution in [1.29, 1.82) is 0 Å². The Hall–Kier alpha value is -3.52. The van der Waals surface area contributed by atoms with Crippen LogP contribution >= 0.6 is 0 Å². The summed E-state index contributed by atoms with van der Waals surface area (Å²) in [5.41, 5.74) is 2.27. The molecule has 0 aromatic heterocycles. The molecule has 2 aliphatic rings. The topological polar surface area (TPSA) is 199 Å². The van der Waals surface area contributed by atoms with Crippen molar-refractivity contribution in [3.63, 3.8) is 0 Å². The van der Waals surface area contributed by atoms with Crippen molar-refractivity contribution in [2.75, 3.05) is 60.7 Å². The molecule has 0 spiro atoms. The Morgan fingerprint density at radius 2 is 1.51 bits per heavy atom. The van der Waals surface area contributed by atoms with E-state index < -0.39 is 71.4 Å². The van der Waals surface area contributed by atoms with Gasteiger partial charge < -0.3 is 59.3 Å². The molecule has 0 bridgehead atoms. The second-order valence-corrected chi connectivity index (χ2v) is 19.0. The fourth-order valence-corrected chi connectivity index (χ4v) is 9.05. The number of para-hydroxylation sites is 1. The summed E-state index contributed by atoms with van der Waals surface area (Å²) in [5, 5.41) is 42.0. The van der Waals surface area contributed by atoms with Gasteiger partial charge in [0.2, 0.25) is 0 Å². The number of rotatable bonds is 22. The Bertz CT molecular complexity index is 1820. The minimum absolute atomic E-state index is 0.162. The number of hydrogen-bond acceptors (Lipinski definition) is 16. The lowest BCUT2D eigenvalue weighted by atomic mass is 9.77. The summed E-state index contributed by atoms with van der Waals surface area (Å²) in [7, 11) is 5.28. The van der Waals surface area contributed by atoms with E-state index in [4.69, 9.17) is 33.3 Å². The molecule has 6 N–H and O–H groups in total. The number of esters is 1. The number of aliphatic hydroxyl groups excluding tert-OH is 2. The highest BCUT2D eigenvalue weighted by Crippen LogP contribution is 2.39. The maximum absolute atomic E-state index is 14.2. The fraction of sp³-hybridized carbons (Fsp3) is 0.686. The maximum atomic E-state index is 14.2. The van der Waals surface area contributed by atoms with E-state index in [1.165, 1.54) is 26.5 Å².